The van der Waals surface area contributed by atoms with E-state index < -0.39 is 0 Å². The van der Waals surface area contributed by atoms with Crippen LogP contribution < -0.4 is 5.73 Å². The zero-order valence-electron chi connectivity index (χ0n) is 8.43. The predicted octanol–water partition coefficient (Wildman–Crippen LogP) is 3.11. The zero-order valence-corrected chi connectivity index (χ0v) is 10.8. The molecular weight excluding hydrogens is 286 g/mol. The summed E-state index contributed by atoms with van der Waals surface area (Å²) < 4.78 is 1.03. The number of aromatic nitrogens is 2. The molecule has 2 N–H and O–H groups in total. The molecule has 0 amide bonds. The van der Waals surface area contributed by atoms with E-state index >= 15 is 0 Å². The van der Waals surface area contributed by atoms with Crippen molar-refractivity contribution in [2.45, 2.75) is 10.6 Å². The topological polar surface area (TPSA) is 51.8 Å². The number of nitrogens with zero attached hydrogens (tertiary/aromatic N) is 2. The van der Waals surface area contributed by atoms with E-state index in [0.717, 1.165) is 26.6 Å². The standard InChI is InChI=1S/C11H10BrN3S/c12-8-2-3-9(13)10(6-8)16-7-11-14-4-1-5-15-11/h1-6H,7,13H2. The number of halogens is 1. The largest absolute Gasteiger partial charge is 0.398 e. The van der Waals surface area contributed by atoms with Crippen LogP contribution >= 0.6 is 27.7 Å². The Hall–Kier alpha value is -1.07. The molecule has 82 valence electrons. The second kappa shape index (κ2) is 5.32. The van der Waals surface area contributed by atoms with Crippen LogP contribution in [0.2, 0.25) is 0 Å². The Morgan fingerprint density at radius 3 is 2.75 bits per heavy atom. The van der Waals surface area contributed by atoms with Gasteiger partial charge in [-0.15, -0.1) is 11.8 Å². The summed E-state index contributed by atoms with van der Waals surface area (Å²) in [6.45, 7) is 0. The molecule has 0 radical (unpaired) electrons. The van der Waals surface area contributed by atoms with Gasteiger partial charge < -0.3 is 5.73 Å². The van der Waals surface area contributed by atoms with Gasteiger partial charge in [0.2, 0.25) is 0 Å². The van der Waals surface area contributed by atoms with Gasteiger partial charge in [-0.2, -0.15) is 0 Å². The fourth-order valence-corrected chi connectivity index (χ4v) is 2.57. The van der Waals surface area contributed by atoms with Gasteiger partial charge in [0.1, 0.15) is 5.82 Å². The molecule has 2 rings (SSSR count). The number of thioether (sulfide) groups is 1. The van der Waals surface area contributed by atoms with E-state index in [1.807, 2.05) is 24.3 Å². The highest BCUT2D eigenvalue weighted by atomic mass is 79.9. The summed E-state index contributed by atoms with van der Waals surface area (Å²) in [5.74, 6) is 1.54. The van der Waals surface area contributed by atoms with Crippen LogP contribution in [0.3, 0.4) is 0 Å². The molecule has 2 aromatic rings. The number of rotatable bonds is 3. The van der Waals surface area contributed by atoms with Crippen molar-refractivity contribution in [3.05, 3.63) is 47.0 Å². The maximum absolute atomic E-state index is 5.87. The molecule has 1 heterocycles. The molecule has 0 aliphatic rings. The second-order valence-electron chi connectivity index (χ2n) is 3.14. The lowest BCUT2D eigenvalue weighted by Gasteiger charge is -2.04. The predicted molar refractivity (Wildman–Crippen MR) is 70.1 cm³/mol. The first-order chi connectivity index (χ1) is 7.75. The molecule has 0 atom stereocenters. The molecule has 3 nitrogen and oxygen atoms in total. The number of benzene rings is 1. The molecule has 0 spiro atoms. The molecular formula is C11H10BrN3S. The zero-order chi connectivity index (χ0) is 11.4. The lowest BCUT2D eigenvalue weighted by Crippen LogP contribution is -1.92. The minimum atomic E-state index is 0.724. The third-order valence-electron chi connectivity index (χ3n) is 1.95. The summed E-state index contributed by atoms with van der Waals surface area (Å²) in [6, 6.07) is 7.63. The van der Waals surface area contributed by atoms with Crippen LogP contribution in [0.25, 0.3) is 0 Å². The van der Waals surface area contributed by atoms with Crippen molar-refractivity contribution in [2.24, 2.45) is 0 Å². The molecule has 0 fully saturated rings. The maximum atomic E-state index is 5.87. The normalized spacial score (nSPS) is 10.3. The van der Waals surface area contributed by atoms with Crippen molar-refractivity contribution < 1.29 is 0 Å². The lowest BCUT2D eigenvalue weighted by atomic mass is 10.3. The first-order valence-electron chi connectivity index (χ1n) is 4.69. The Labute approximate surface area is 107 Å². The van der Waals surface area contributed by atoms with Gasteiger partial charge in [0.25, 0.3) is 0 Å². The minimum Gasteiger partial charge on any atom is -0.398 e. The average Bonchev–Trinajstić information content (AvgIpc) is 2.32. The Kier molecular flexibility index (Phi) is 3.79. The van der Waals surface area contributed by atoms with Gasteiger partial charge in [-0.05, 0) is 24.3 Å². The number of hydrogen-bond acceptors (Lipinski definition) is 4. The molecule has 1 aromatic heterocycles. The summed E-state index contributed by atoms with van der Waals surface area (Å²) in [5, 5.41) is 0. The van der Waals surface area contributed by atoms with E-state index in [2.05, 4.69) is 25.9 Å². The van der Waals surface area contributed by atoms with Crippen LogP contribution in [0.15, 0.2) is 46.0 Å². The van der Waals surface area contributed by atoms with E-state index in [0.29, 0.717) is 0 Å². The molecule has 0 aliphatic heterocycles. The molecule has 5 heteroatoms. The SMILES string of the molecule is Nc1ccc(Br)cc1SCc1ncccn1. The second-order valence-corrected chi connectivity index (χ2v) is 5.07. The summed E-state index contributed by atoms with van der Waals surface area (Å²) >= 11 is 5.06. The van der Waals surface area contributed by atoms with Crippen molar-refractivity contribution in [3.8, 4) is 0 Å². The Morgan fingerprint density at radius 2 is 2.00 bits per heavy atom. The van der Waals surface area contributed by atoms with E-state index in [1.54, 1.807) is 24.2 Å². The molecule has 0 saturated heterocycles. The highest BCUT2D eigenvalue weighted by Crippen LogP contribution is 2.29. The summed E-state index contributed by atoms with van der Waals surface area (Å²) in [5.41, 5.74) is 6.65. The lowest BCUT2D eigenvalue weighted by molar-refractivity contribution is 1.03. The highest BCUT2D eigenvalue weighted by molar-refractivity contribution is 9.10. The maximum Gasteiger partial charge on any atom is 0.138 e. The third kappa shape index (κ3) is 2.96. The van der Waals surface area contributed by atoms with Crippen molar-refractivity contribution in [2.75, 3.05) is 5.73 Å². The fourth-order valence-electron chi connectivity index (χ4n) is 1.18. The fraction of sp³-hybridized carbons (Fsp3) is 0.0909. The molecule has 1 aromatic carbocycles. The van der Waals surface area contributed by atoms with Gasteiger partial charge in [-0.1, -0.05) is 15.9 Å². The number of hydrogen-bond donors (Lipinski definition) is 1. The number of nitrogen functional groups attached to an aromatic ring is 1. The number of nitrogens with two attached hydrogens (primary N) is 1. The Morgan fingerprint density at radius 1 is 1.25 bits per heavy atom. The quantitative estimate of drug-likeness (QED) is 0.698. The van der Waals surface area contributed by atoms with E-state index in [1.165, 1.54) is 0 Å². The van der Waals surface area contributed by atoms with Crippen LogP contribution in [0, 0.1) is 0 Å². The van der Waals surface area contributed by atoms with Crippen molar-refractivity contribution in [1.82, 2.24) is 9.97 Å². The molecule has 0 unspecified atom stereocenters. The first-order valence-corrected chi connectivity index (χ1v) is 6.47. The van der Waals surface area contributed by atoms with Crippen molar-refractivity contribution in [1.29, 1.82) is 0 Å². The Balaban J connectivity index is 2.08. The molecule has 0 bridgehead atoms. The molecule has 0 saturated carbocycles. The number of anilines is 1. The van der Waals surface area contributed by atoms with E-state index in [-0.39, 0.29) is 0 Å². The van der Waals surface area contributed by atoms with Crippen molar-refractivity contribution >= 4 is 33.4 Å². The van der Waals surface area contributed by atoms with Crippen LogP contribution in [-0.2, 0) is 5.75 Å². The first kappa shape index (κ1) is 11.4. The van der Waals surface area contributed by atoms with E-state index in [9.17, 15) is 0 Å². The van der Waals surface area contributed by atoms with Crippen molar-refractivity contribution in [3.63, 3.8) is 0 Å². The highest BCUT2D eigenvalue weighted by Gasteiger charge is 2.02. The molecule has 0 aliphatic carbocycles. The van der Waals surface area contributed by atoms with Crippen LogP contribution in [0.1, 0.15) is 5.82 Å². The van der Waals surface area contributed by atoms with Crippen LogP contribution in [0.5, 0.6) is 0 Å². The smallest absolute Gasteiger partial charge is 0.138 e. The summed E-state index contributed by atoms with van der Waals surface area (Å²) in [4.78, 5) is 9.37. The Bertz CT molecular complexity index is 476. The summed E-state index contributed by atoms with van der Waals surface area (Å²) in [7, 11) is 0. The van der Waals surface area contributed by atoms with Gasteiger partial charge >= 0.3 is 0 Å². The average molecular weight is 296 g/mol. The third-order valence-corrected chi connectivity index (χ3v) is 3.51. The molecule has 16 heavy (non-hydrogen) atoms. The minimum absolute atomic E-state index is 0.724. The van der Waals surface area contributed by atoms with Crippen LogP contribution in [-0.4, -0.2) is 9.97 Å². The van der Waals surface area contributed by atoms with Gasteiger partial charge in [0.15, 0.2) is 0 Å². The monoisotopic (exact) mass is 295 g/mol. The van der Waals surface area contributed by atoms with Crippen LogP contribution in [0.4, 0.5) is 5.69 Å². The van der Waals surface area contributed by atoms with E-state index in [4.69, 9.17) is 5.73 Å². The van der Waals surface area contributed by atoms with Gasteiger partial charge in [0, 0.05) is 27.4 Å². The summed E-state index contributed by atoms with van der Waals surface area (Å²) in [6.07, 6.45) is 3.49. The van der Waals surface area contributed by atoms with Gasteiger partial charge in [-0.3, -0.25) is 0 Å². The van der Waals surface area contributed by atoms with Gasteiger partial charge in [0.05, 0.1) is 5.75 Å². The van der Waals surface area contributed by atoms with Gasteiger partial charge in [-0.25, -0.2) is 9.97 Å².